The van der Waals surface area contributed by atoms with Gasteiger partial charge in [-0.2, -0.15) is 0 Å². The average molecular weight is 300 g/mol. The van der Waals surface area contributed by atoms with E-state index in [4.69, 9.17) is 10.5 Å². The Balaban J connectivity index is 2.35. The Morgan fingerprint density at radius 1 is 1.23 bits per heavy atom. The number of carbonyl (C=O) groups is 1. The zero-order valence-electron chi connectivity index (χ0n) is 13.2. The lowest BCUT2D eigenvalue weighted by Gasteiger charge is -2.14. The van der Waals surface area contributed by atoms with Crippen LogP contribution in [0.3, 0.4) is 0 Å². The highest BCUT2D eigenvalue weighted by Gasteiger charge is 2.18. The van der Waals surface area contributed by atoms with Crippen LogP contribution in [-0.2, 0) is 6.61 Å². The van der Waals surface area contributed by atoms with E-state index in [2.05, 4.69) is 15.3 Å². The van der Waals surface area contributed by atoms with Gasteiger partial charge in [0.05, 0.1) is 17.0 Å². The van der Waals surface area contributed by atoms with Gasteiger partial charge in [-0.25, -0.2) is 9.97 Å². The highest BCUT2D eigenvalue weighted by Crippen LogP contribution is 2.24. The lowest BCUT2D eigenvalue weighted by atomic mass is 10.1. The maximum absolute atomic E-state index is 12.0. The second-order valence-electron chi connectivity index (χ2n) is 5.08. The number of benzene rings is 1. The van der Waals surface area contributed by atoms with Crippen LogP contribution in [0.25, 0.3) is 0 Å². The molecule has 2 rings (SSSR count). The fraction of sp³-hybridized carbons (Fsp3) is 0.312. The third kappa shape index (κ3) is 3.16. The van der Waals surface area contributed by atoms with Gasteiger partial charge in [0.1, 0.15) is 12.4 Å². The molecule has 0 aliphatic carbocycles. The average Bonchev–Trinajstić information content (AvgIpc) is 2.45. The van der Waals surface area contributed by atoms with Crippen LogP contribution in [0.15, 0.2) is 18.2 Å². The Morgan fingerprint density at radius 2 is 1.86 bits per heavy atom. The normalized spacial score (nSPS) is 10.4. The van der Waals surface area contributed by atoms with Crippen LogP contribution < -0.4 is 15.8 Å². The maximum Gasteiger partial charge on any atom is 0.254 e. The van der Waals surface area contributed by atoms with E-state index in [9.17, 15) is 4.79 Å². The predicted molar refractivity (Wildman–Crippen MR) is 84.8 cm³/mol. The smallest absolute Gasteiger partial charge is 0.254 e. The number of aromatic nitrogens is 2. The van der Waals surface area contributed by atoms with Crippen LogP contribution in [-0.4, -0.2) is 22.9 Å². The predicted octanol–water partition coefficient (Wildman–Crippen LogP) is 1.92. The van der Waals surface area contributed by atoms with Crippen LogP contribution in [0, 0.1) is 20.8 Å². The van der Waals surface area contributed by atoms with E-state index in [1.165, 1.54) is 0 Å². The van der Waals surface area contributed by atoms with E-state index >= 15 is 0 Å². The number of amides is 1. The third-order valence-electron chi connectivity index (χ3n) is 3.40. The Labute approximate surface area is 129 Å². The molecule has 0 radical (unpaired) electrons. The molecule has 1 aromatic carbocycles. The van der Waals surface area contributed by atoms with E-state index in [0.717, 1.165) is 16.9 Å². The summed E-state index contributed by atoms with van der Waals surface area (Å²) >= 11 is 0. The van der Waals surface area contributed by atoms with Crippen molar-refractivity contribution in [1.82, 2.24) is 15.3 Å². The number of nitrogens with one attached hydrogen (secondary N) is 1. The Bertz CT molecular complexity index is 693. The molecular weight excluding hydrogens is 280 g/mol. The van der Waals surface area contributed by atoms with Crippen LogP contribution >= 0.6 is 0 Å². The van der Waals surface area contributed by atoms with Crippen molar-refractivity contribution < 1.29 is 9.53 Å². The van der Waals surface area contributed by atoms with Gasteiger partial charge in [0, 0.05) is 7.05 Å². The summed E-state index contributed by atoms with van der Waals surface area (Å²) < 4.78 is 5.87. The summed E-state index contributed by atoms with van der Waals surface area (Å²) in [6.45, 7) is 5.83. The lowest BCUT2D eigenvalue weighted by molar-refractivity contribution is 0.0959. The minimum absolute atomic E-state index is 0.130. The van der Waals surface area contributed by atoms with Crippen molar-refractivity contribution in [2.75, 3.05) is 12.8 Å². The summed E-state index contributed by atoms with van der Waals surface area (Å²) in [4.78, 5) is 20.2. The fourth-order valence-corrected chi connectivity index (χ4v) is 2.35. The zero-order valence-corrected chi connectivity index (χ0v) is 13.2. The number of nitrogens with two attached hydrogens (primary N) is 1. The number of carbonyl (C=O) groups excluding carboxylic acids is 1. The molecule has 0 saturated heterocycles. The first-order chi connectivity index (χ1) is 10.4. The summed E-state index contributed by atoms with van der Waals surface area (Å²) in [5.41, 5.74) is 9.16. The molecule has 0 aliphatic heterocycles. The summed E-state index contributed by atoms with van der Waals surface area (Å²) in [6.07, 6.45) is 0. The van der Waals surface area contributed by atoms with Gasteiger partial charge in [-0.3, -0.25) is 4.79 Å². The molecule has 0 bridgehead atoms. The first-order valence-electron chi connectivity index (χ1n) is 6.98. The van der Waals surface area contributed by atoms with Crippen molar-refractivity contribution in [2.45, 2.75) is 27.4 Å². The summed E-state index contributed by atoms with van der Waals surface area (Å²) in [5.74, 6) is 0.669. The highest BCUT2D eigenvalue weighted by molar-refractivity contribution is 5.96. The molecule has 1 heterocycles. The van der Waals surface area contributed by atoms with Crippen LogP contribution in [0.1, 0.15) is 32.9 Å². The van der Waals surface area contributed by atoms with Crippen molar-refractivity contribution in [1.29, 1.82) is 0 Å². The van der Waals surface area contributed by atoms with Gasteiger partial charge in [-0.1, -0.05) is 18.2 Å². The van der Waals surface area contributed by atoms with Gasteiger partial charge in [0.2, 0.25) is 5.95 Å². The van der Waals surface area contributed by atoms with E-state index in [0.29, 0.717) is 17.0 Å². The molecule has 0 unspecified atom stereocenters. The number of anilines is 1. The quantitative estimate of drug-likeness (QED) is 0.900. The highest BCUT2D eigenvalue weighted by atomic mass is 16.5. The molecular formula is C16H20N4O2. The maximum atomic E-state index is 12.0. The van der Waals surface area contributed by atoms with Gasteiger partial charge in [-0.05, 0) is 31.9 Å². The number of hydrogen-bond acceptors (Lipinski definition) is 5. The van der Waals surface area contributed by atoms with Crippen molar-refractivity contribution >= 4 is 11.9 Å². The molecule has 0 saturated carbocycles. The third-order valence-corrected chi connectivity index (χ3v) is 3.40. The SMILES string of the molecule is CNC(=O)c1c(C)nc(N)nc1COc1c(C)cccc1C. The number of para-hydroxylation sites is 1. The minimum Gasteiger partial charge on any atom is -0.487 e. The summed E-state index contributed by atoms with van der Waals surface area (Å²) in [5, 5.41) is 2.59. The van der Waals surface area contributed by atoms with Gasteiger partial charge in [-0.15, -0.1) is 0 Å². The van der Waals surface area contributed by atoms with Crippen LogP contribution in [0.5, 0.6) is 5.75 Å². The number of nitrogen functional groups attached to an aromatic ring is 1. The molecule has 0 fully saturated rings. The van der Waals surface area contributed by atoms with Crippen molar-refractivity contribution in [3.05, 3.63) is 46.3 Å². The summed E-state index contributed by atoms with van der Waals surface area (Å²) in [6, 6.07) is 5.92. The number of nitrogens with zero attached hydrogens (tertiary/aromatic N) is 2. The molecule has 0 spiro atoms. The fourth-order valence-electron chi connectivity index (χ4n) is 2.35. The van der Waals surface area contributed by atoms with Crippen molar-refractivity contribution in [3.63, 3.8) is 0 Å². The zero-order chi connectivity index (χ0) is 16.3. The molecule has 116 valence electrons. The van der Waals surface area contributed by atoms with Gasteiger partial charge >= 0.3 is 0 Å². The van der Waals surface area contributed by atoms with E-state index in [-0.39, 0.29) is 18.5 Å². The van der Waals surface area contributed by atoms with Crippen LogP contribution in [0.4, 0.5) is 5.95 Å². The molecule has 6 nitrogen and oxygen atoms in total. The van der Waals surface area contributed by atoms with Crippen LogP contribution in [0.2, 0.25) is 0 Å². The lowest BCUT2D eigenvalue weighted by Crippen LogP contribution is -2.23. The van der Waals surface area contributed by atoms with E-state index in [1.807, 2.05) is 32.0 Å². The molecule has 22 heavy (non-hydrogen) atoms. The monoisotopic (exact) mass is 300 g/mol. The Kier molecular flexibility index (Phi) is 4.60. The van der Waals surface area contributed by atoms with Crippen molar-refractivity contribution in [2.24, 2.45) is 0 Å². The standard InChI is InChI=1S/C16H20N4O2/c1-9-6-5-7-10(2)14(9)22-8-12-13(15(21)18-4)11(3)19-16(17)20-12/h5-7H,8H2,1-4H3,(H,18,21)(H2,17,19,20). The number of ether oxygens (including phenoxy) is 1. The molecule has 1 amide bonds. The molecule has 0 aliphatic rings. The second kappa shape index (κ2) is 6.43. The topological polar surface area (TPSA) is 90.1 Å². The van der Waals surface area contributed by atoms with Gasteiger partial charge < -0.3 is 15.8 Å². The van der Waals surface area contributed by atoms with Gasteiger partial charge in [0.15, 0.2) is 0 Å². The molecule has 2 aromatic rings. The molecule has 1 aromatic heterocycles. The number of hydrogen-bond donors (Lipinski definition) is 2. The Morgan fingerprint density at radius 3 is 2.45 bits per heavy atom. The van der Waals surface area contributed by atoms with E-state index in [1.54, 1.807) is 14.0 Å². The van der Waals surface area contributed by atoms with Crippen molar-refractivity contribution in [3.8, 4) is 5.75 Å². The first-order valence-corrected chi connectivity index (χ1v) is 6.98. The Hall–Kier alpha value is -2.63. The molecule has 3 N–H and O–H groups in total. The number of aryl methyl sites for hydroxylation is 3. The largest absolute Gasteiger partial charge is 0.487 e. The summed E-state index contributed by atoms with van der Waals surface area (Å²) in [7, 11) is 1.56. The first kappa shape index (κ1) is 15.8. The minimum atomic E-state index is -0.252. The second-order valence-corrected chi connectivity index (χ2v) is 5.08. The van der Waals surface area contributed by atoms with Gasteiger partial charge in [0.25, 0.3) is 5.91 Å². The number of rotatable bonds is 4. The molecule has 6 heteroatoms. The van der Waals surface area contributed by atoms with E-state index < -0.39 is 0 Å². The molecule has 0 atom stereocenters.